The van der Waals surface area contributed by atoms with Crippen molar-refractivity contribution in [1.82, 2.24) is 4.90 Å². The number of amides is 2. The fourth-order valence-corrected chi connectivity index (χ4v) is 4.52. The average Bonchev–Trinajstić information content (AvgIpc) is 2.77. The van der Waals surface area contributed by atoms with Crippen molar-refractivity contribution in [2.45, 2.75) is 58.1 Å². The number of ether oxygens (including phenoxy) is 1. The van der Waals surface area contributed by atoms with Crippen LogP contribution in [0.5, 0.6) is 0 Å². The molecule has 2 aromatic rings. The first-order valence-electron chi connectivity index (χ1n) is 11.3. The Hall–Kier alpha value is -3.14. The molecule has 0 aliphatic carbocycles. The van der Waals surface area contributed by atoms with Crippen molar-refractivity contribution in [2.24, 2.45) is 5.41 Å². The Morgan fingerprint density at radius 1 is 1.03 bits per heavy atom. The molecule has 0 saturated carbocycles. The van der Waals surface area contributed by atoms with Gasteiger partial charge in [0.05, 0.1) is 16.0 Å². The van der Waals surface area contributed by atoms with Gasteiger partial charge in [0.25, 0.3) is 10.0 Å². The summed E-state index contributed by atoms with van der Waals surface area (Å²) in [4.78, 5) is 26.3. The lowest BCUT2D eigenvalue weighted by Gasteiger charge is -2.31. The second kappa shape index (κ2) is 9.85. The van der Waals surface area contributed by atoms with E-state index in [1.165, 1.54) is 26.0 Å². The molecule has 3 rings (SSSR count). The molecule has 2 aromatic carbocycles. The smallest absolute Gasteiger partial charge is 0.410 e. The summed E-state index contributed by atoms with van der Waals surface area (Å²) in [6.07, 6.45) is 0.156. The highest BCUT2D eigenvalue weighted by molar-refractivity contribution is 7.92. The van der Waals surface area contributed by atoms with Crippen LogP contribution in [0.2, 0.25) is 0 Å². The molecule has 1 aliphatic heterocycles. The van der Waals surface area contributed by atoms with Crippen LogP contribution in [0.15, 0.2) is 47.4 Å². The zero-order valence-electron chi connectivity index (χ0n) is 20.6. The maximum Gasteiger partial charge on any atom is 0.410 e. The van der Waals surface area contributed by atoms with Gasteiger partial charge < -0.3 is 15.0 Å². The molecule has 8 nitrogen and oxygen atoms in total. The lowest BCUT2D eigenvalue weighted by molar-refractivity contribution is -0.124. The number of hydrogen-bond acceptors (Lipinski definition) is 5. The van der Waals surface area contributed by atoms with E-state index in [0.717, 1.165) is 11.1 Å². The monoisotopic (exact) mass is 505 g/mol. The van der Waals surface area contributed by atoms with E-state index < -0.39 is 39.7 Å². The van der Waals surface area contributed by atoms with Crippen LogP contribution in [0.4, 0.5) is 20.6 Å². The Kier molecular flexibility index (Phi) is 7.45. The van der Waals surface area contributed by atoms with Gasteiger partial charge in [0.15, 0.2) is 0 Å². The first-order chi connectivity index (χ1) is 16.2. The first-order valence-corrected chi connectivity index (χ1v) is 12.8. The minimum Gasteiger partial charge on any atom is -0.444 e. The number of nitrogens with one attached hydrogen (secondary N) is 2. The molecule has 0 radical (unpaired) electrons. The van der Waals surface area contributed by atoms with Crippen molar-refractivity contribution in [3.8, 4) is 0 Å². The van der Waals surface area contributed by atoms with Gasteiger partial charge >= 0.3 is 6.09 Å². The summed E-state index contributed by atoms with van der Waals surface area (Å²) in [5.74, 6) is -0.510. The highest BCUT2D eigenvalue weighted by Gasteiger charge is 2.28. The van der Waals surface area contributed by atoms with E-state index in [9.17, 15) is 22.4 Å². The molecule has 1 aliphatic rings. The van der Waals surface area contributed by atoms with Crippen molar-refractivity contribution < 1.29 is 27.1 Å². The fourth-order valence-electron chi connectivity index (χ4n) is 3.42. The summed E-state index contributed by atoms with van der Waals surface area (Å²) >= 11 is 0. The topological polar surface area (TPSA) is 105 Å². The Labute approximate surface area is 205 Å². The van der Waals surface area contributed by atoms with Crippen LogP contribution in [0.25, 0.3) is 0 Å². The van der Waals surface area contributed by atoms with Crippen molar-refractivity contribution in [2.75, 3.05) is 23.3 Å². The van der Waals surface area contributed by atoms with E-state index in [1.807, 2.05) is 0 Å². The number of halogens is 1. The molecule has 35 heavy (non-hydrogen) atoms. The minimum absolute atomic E-state index is 0.0512. The third kappa shape index (κ3) is 6.72. The number of nitrogens with zero attached hydrogens (tertiary/aromatic N) is 1. The third-order valence-corrected chi connectivity index (χ3v) is 6.85. The summed E-state index contributed by atoms with van der Waals surface area (Å²) in [5, 5.41) is 2.61. The highest BCUT2D eigenvalue weighted by atomic mass is 32.2. The lowest BCUT2D eigenvalue weighted by atomic mass is 9.94. The van der Waals surface area contributed by atoms with E-state index in [1.54, 1.807) is 56.0 Å². The molecule has 0 saturated heterocycles. The number of carbonyl (C=O) groups is 2. The van der Waals surface area contributed by atoms with Gasteiger partial charge in [-0.05, 0) is 82.5 Å². The molecule has 0 unspecified atom stereocenters. The second-order valence-electron chi connectivity index (χ2n) is 10.2. The first kappa shape index (κ1) is 26.5. The zero-order valence-corrected chi connectivity index (χ0v) is 21.5. The van der Waals surface area contributed by atoms with Crippen LogP contribution in [0, 0.1) is 5.41 Å². The van der Waals surface area contributed by atoms with Crippen LogP contribution in [0.3, 0.4) is 0 Å². The van der Waals surface area contributed by atoms with Gasteiger partial charge in [-0.15, -0.1) is 0 Å². The molecule has 0 aromatic heterocycles. The summed E-state index contributed by atoms with van der Waals surface area (Å²) in [5.41, 5.74) is 0.473. The number of rotatable bonds is 6. The molecule has 190 valence electrons. The Morgan fingerprint density at radius 3 is 2.37 bits per heavy atom. The Bertz CT molecular complexity index is 1220. The maximum atomic E-state index is 13.1. The summed E-state index contributed by atoms with van der Waals surface area (Å²) in [6.45, 7) is 8.26. The van der Waals surface area contributed by atoms with Crippen LogP contribution in [-0.2, 0) is 32.5 Å². The van der Waals surface area contributed by atoms with Crippen molar-refractivity contribution in [3.05, 3.63) is 53.6 Å². The third-order valence-electron chi connectivity index (χ3n) is 5.47. The van der Waals surface area contributed by atoms with Crippen LogP contribution < -0.4 is 10.0 Å². The van der Waals surface area contributed by atoms with E-state index >= 15 is 0 Å². The SMILES string of the molecule is CC(C)(C)OC(=O)N1CCc2ccc(S(=O)(=O)Nc3cccc(NC(=O)C(C)(C)CF)c3)cc2C1. The molecule has 0 spiro atoms. The Morgan fingerprint density at radius 2 is 1.71 bits per heavy atom. The predicted octanol–water partition coefficient (Wildman–Crippen LogP) is 4.71. The number of fused-ring (bicyclic) bond motifs is 1. The van der Waals surface area contributed by atoms with Gasteiger partial charge in [0, 0.05) is 18.8 Å². The molecule has 1 heterocycles. The summed E-state index contributed by atoms with van der Waals surface area (Å²) in [7, 11) is -3.95. The van der Waals surface area contributed by atoms with Gasteiger partial charge in [0.1, 0.15) is 12.3 Å². The molecular formula is C25H32FN3O5S. The highest BCUT2D eigenvalue weighted by Crippen LogP contribution is 2.26. The van der Waals surface area contributed by atoms with Gasteiger partial charge in [-0.2, -0.15) is 0 Å². The predicted molar refractivity (Wildman–Crippen MR) is 132 cm³/mol. The van der Waals surface area contributed by atoms with Crippen molar-refractivity contribution in [1.29, 1.82) is 0 Å². The standard InChI is InChI=1S/C25H32FN3O5S/c1-24(2,3)34-23(31)29-12-11-17-9-10-21(13-18(17)15-29)35(32,33)28-20-8-6-7-19(14-20)27-22(30)25(4,5)16-26/h6-10,13-14,28H,11-12,15-16H2,1-5H3,(H,27,30). The van der Waals surface area contributed by atoms with E-state index in [2.05, 4.69) is 10.0 Å². The molecule has 10 heteroatoms. The maximum absolute atomic E-state index is 13.1. The largest absolute Gasteiger partial charge is 0.444 e. The number of alkyl halides is 1. The summed E-state index contributed by atoms with van der Waals surface area (Å²) in [6, 6.07) is 11.0. The normalized spacial score (nSPS) is 14.2. The van der Waals surface area contributed by atoms with Crippen molar-refractivity contribution >= 4 is 33.4 Å². The minimum atomic E-state index is -3.95. The van der Waals surface area contributed by atoms with Crippen LogP contribution in [0.1, 0.15) is 45.7 Å². The zero-order chi connectivity index (χ0) is 26.0. The molecule has 0 bridgehead atoms. The Balaban J connectivity index is 1.76. The van der Waals surface area contributed by atoms with E-state index in [0.29, 0.717) is 18.7 Å². The fraction of sp³-hybridized carbons (Fsp3) is 0.440. The lowest BCUT2D eigenvalue weighted by Crippen LogP contribution is -2.40. The molecule has 0 fully saturated rings. The van der Waals surface area contributed by atoms with E-state index in [-0.39, 0.29) is 17.1 Å². The van der Waals surface area contributed by atoms with Gasteiger partial charge in [-0.25, -0.2) is 17.6 Å². The van der Waals surface area contributed by atoms with Crippen LogP contribution >= 0.6 is 0 Å². The average molecular weight is 506 g/mol. The van der Waals surface area contributed by atoms with Gasteiger partial charge in [0.2, 0.25) is 5.91 Å². The van der Waals surface area contributed by atoms with Crippen LogP contribution in [-0.4, -0.2) is 44.1 Å². The number of benzene rings is 2. The van der Waals surface area contributed by atoms with E-state index in [4.69, 9.17) is 4.74 Å². The van der Waals surface area contributed by atoms with Gasteiger partial charge in [-0.1, -0.05) is 12.1 Å². The number of sulfonamides is 1. The van der Waals surface area contributed by atoms with Gasteiger partial charge in [-0.3, -0.25) is 9.52 Å². The van der Waals surface area contributed by atoms with Crippen molar-refractivity contribution in [3.63, 3.8) is 0 Å². The number of carbonyl (C=O) groups excluding carboxylic acids is 2. The molecule has 2 N–H and O–H groups in total. The molecular weight excluding hydrogens is 473 g/mol. The number of hydrogen-bond donors (Lipinski definition) is 2. The second-order valence-corrected chi connectivity index (χ2v) is 11.9. The quantitative estimate of drug-likeness (QED) is 0.591. The molecule has 0 atom stereocenters. The molecule has 2 amide bonds. The number of anilines is 2. The summed E-state index contributed by atoms with van der Waals surface area (Å²) < 4.78 is 47.2.